The Labute approximate surface area is 77.9 Å². The summed E-state index contributed by atoms with van der Waals surface area (Å²) in [5.41, 5.74) is 0.645. The van der Waals surface area contributed by atoms with Gasteiger partial charge in [0.2, 0.25) is 0 Å². The summed E-state index contributed by atoms with van der Waals surface area (Å²) >= 11 is 0. The van der Waals surface area contributed by atoms with Crippen molar-refractivity contribution in [3.05, 3.63) is 18.4 Å². The Bertz CT molecular complexity index is 290. The molecular weight excluding hydrogens is 199 g/mol. The molecule has 6 heteroatoms. The van der Waals surface area contributed by atoms with Crippen molar-refractivity contribution >= 4 is 0 Å². The molecule has 1 saturated carbocycles. The Morgan fingerprint density at radius 1 is 1.50 bits per heavy atom. The van der Waals surface area contributed by atoms with Crippen molar-refractivity contribution in [1.29, 1.82) is 0 Å². The normalized spacial score (nSPS) is 27.4. The summed E-state index contributed by atoms with van der Waals surface area (Å²) in [4.78, 5) is 3.74. The summed E-state index contributed by atoms with van der Waals surface area (Å²) < 4.78 is 43.6. The predicted octanol–water partition coefficient (Wildman–Crippen LogP) is 2.26. The van der Waals surface area contributed by atoms with Crippen LogP contribution in [-0.4, -0.2) is 17.5 Å². The van der Waals surface area contributed by atoms with E-state index in [-0.39, 0.29) is 5.92 Å². The van der Waals surface area contributed by atoms with Crippen molar-refractivity contribution < 1.29 is 22.3 Å². The van der Waals surface area contributed by atoms with Gasteiger partial charge >= 0.3 is 6.36 Å². The van der Waals surface area contributed by atoms with E-state index in [2.05, 4.69) is 20.5 Å². The summed E-state index contributed by atoms with van der Waals surface area (Å²) in [6.07, 6.45) is -0.958. The smallest absolute Gasteiger partial charge is 0.441 e. The largest absolute Gasteiger partial charge is 0.522 e. The second-order valence-corrected chi connectivity index (χ2v) is 3.22. The van der Waals surface area contributed by atoms with E-state index < -0.39 is 12.5 Å². The number of rotatable bonds is 2. The van der Waals surface area contributed by atoms with E-state index in [1.807, 2.05) is 0 Å². The number of hydrogen-bond acceptors (Lipinski definition) is 3. The molecule has 0 N–H and O–H groups in total. The number of halogens is 3. The molecule has 0 aliphatic heterocycles. The monoisotopic (exact) mass is 206 g/mol. The standard InChI is InChI=1S/C8H7F3NO2/c9-8(10,11)14-6-1-5(2-6)7-3-13-4-12-7/h3,5-6H,1-2H2. The molecule has 0 saturated heterocycles. The van der Waals surface area contributed by atoms with Crippen LogP contribution >= 0.6 is 0 Å². The van der Waals surface area contributed by atoms with Gasteiger partial charge in [-0.15, -0.1) is 13.2 Å². The SMILES string of the molecule is FC(F)(F)OC1CC(c2co[c]n2)C1. The molecule has 0 unspecified atom stereocenters. The molecule has 0 spiro atoms. The highest BCUT2D eigenvalue weighted by Gasteiger charge is 2.41. The molecule has 0 aromatic carbocycles. The maximum Gasteiger partial charge on any atom is 0.522 e. The van der Waals surface area contributed by atoms with Crippen LogP contribution in [0, 0.1) is 6.39 Å². The van der Waals surface area contributed by atoms with Crippen LogP contribution in [0.25, 0.3) is 0 Å². The number of ether oxygens (including phenoxy) is 1. The van der Waals surface area contributed by atoms with Crippen LogP contribution < -0.4 is 0 Å². The highest BCUT2D eigenvalue weighted by atomic mass is 19.4. The van der Waals surface area contributed by atoms with Crippen molar-refractivity contribution in [2.75, 3.05) is 0 Å². The maximum absolute atomic E-state index is 11.7. The van der Waals surface area contributed by atoms with Gasteiger partial charge in [0.25, 0.3) is 6.39 Å². The summed E-state index contributed by atoms with van der Waals surface area (Å²) in [5.74, 6) is 0.0114. The van der Waals surface area contributed by atoms with E-state index in [0.717, 1.165) is 0 Å². The van der Waals surface area contributed by atoms with Gasteiger partial charge in [0.1, 0.15) is 6.26 Å². The Morgan fingerprint density at radius 3 is 2.71 bits per heavy atom. The van der Waals surface area contributed by atoms with E-state index in [9.17, 15) is 13.2 Å². The highest BCUT2D eigenvalue weighted by Crippen LogP contribution is 2.40. The van der Waals surface area contributed by atoms with Gasteiger partial charge in [-0.25, -0.2) is 4.98 Å². The number of aromatic nitrogens is 1. The molecule has 1 aliphatic rings. The number of oxazole rings is 1. The van der Waals surface area contributed by atoms with Gasteiger partial charge in [0.15, 0.2) is 0 Å². The molecular formula is C8H7F3NO2. The van der Waals surface area contributed by atoms with Crippen LogP contribution in [-0.2, 0) is 4.74 Å². The lowest BCUT2D eigenvalue weighted by atomic mass is 9.80. The second kappa shape index (κ2) is 3.27. The van der Waals surface area contributed by atoms with Crippen molar-refractivity contribution in [2.24, 2.45) is 0 Å². The molecule has 0 amide bonds. The molecule has 14 heavy (non-hydrogen) atoms. The number of hydrogen-bond donors (Lipinski definition) is 0. The van der Waals surface area contributed by atoms with Gasteiger partial charge in [-0.3, -0.25) is 4.74 Å². The molecule has 77 valence electrons. The van der Waals surface area contributed by atoms with Gasteiger partial charge in [-0.1, -0.05) is 0 Å². The molecule has 2 rings (SSSR count). The molecule has 1 fully saturated rings. The van der Waals surface area contributed by atoms with Crippen molar-refractivity contribution in [2.45, 2.75) is 31.2 Å². The molecule has 1 aromatic heterocycles. The van der Waals surface area contributed by atoms with Crippen LogP contribution in [0.1, 0.15) is 24.5 Å². The van der Waals surface area contributed by atoms with Crippen LogP contribution in [0.3, 0.4) is 0 Å². The fourth-order valence-electron chi connectivity index (χ4n) is 1.47. The zero-order valence-corrected chi connectivity index (χ0v) is 7.04. The van der Waals surface area contributed by atoms with E-state index in [1.165, 1.54) is 6.26 Å². The average Bonchev–Trinajstić information content (AvgIpc) is 2.45. The lowest BCUT2D eigenvalue weighted by Crippen LogP contribution is -2.34. The van der Waals surface area contributed by atoms with Gasteiger partial charge in [0.05, 0.1) is 11.8 Å². The Balaban J connectivity index is 1.80. The van der Waals surface area contributed by atoms with Crippen LogP contribution in [0.15, 0.2) is 10.7 Å². The van der Waals surface area contributed by atoms with Crippen LogP contribution in [0.5, 0.6) is 0 Å². The molecule has 0 bridgehead atoms. The molecule has 1 aliphatic carbocycles. The minimum Gasteiger partial charge on any atom is -0.441 e. The Hall–Kier alpha value is -1.04. The number of alkyl halides is 3. The zero-order valence-electron chi connectivity index (χ0n) is 7.04. The predicted molar refractivity (Wildman–Crippen MR) is 38.2 cm³/mol. The summed E-state index contributed by atoms with van der Waals surface area (Å²) in [5, 5.41) is 0. The van der Waals surface area contributed by atoms with E-state index >= 15 is 0 Å². The average molecular weight is 206 g/mol. The summed E-state index contributed by atoms with van der Waals surface area (Å²) in [7, 11) is 0. The first kappa shape index (κ1) is 9.51. The molecule has 1 heterocycles. The number of nitrogens with zero attached hydrogens (tertiary/aromatic N) is 1. The van der Waals surface area contributed by atoms with Crippen molar-refractivity contribution in [3.8, 4) is 0 Å². The Morgan fingerprint density at radius 2 is 2.21 bits per heavy atom. The van der Waals surface area contributed by atoms with Gasteiger partial charge < -0.3 is 4.42 Å². The lowest BCUT2D eigenvalue weighted by Gasteiger charge is -2.33. The zero-order chi connectivity index (χ0) is 10.2. The first-order valence-electron chi connectivity index (χ1n) is 4.10. The van der Waals surface area contributed by atoms with Crippen molar-refractivity contribution in [1.82, 2.24) is 4.98 Å². The minimum atomic E-state index is -4.54. The Kier molecular flexibility index (Phi) is 2.22. The maximum atomic E-state index is 11.7. The third kappa shape index (κ3) is 2.06. The quantitative estimate of drug-likeness (QED) is 0.744. The summed E-state index contributed by atoms with van der Waals surface area (Å²) in [6, 6.07) is 0. The molecule has 1 aromatic rings. The molecule has 0 atom stereocenters. The fourth-order valence-corrected chi connectivity index (χ4v) is 1.47. The highest BCUT2D eigenvalue weighted by molar-refractivity contribution is 5.07. The third-order valence-corrected chi connectivity index (χ3v) is 2.22. The molecule has 1 radical (unpaired) electrons. The van der Waals surface area contributed by atoms with Gasteiger partial charge in [-0.2, -0.15) is 0 Å². The topological polar surface area (TPSA) is 35.3 Å². The van der Waals surface area contributed by atoms with Gasteiger partial charge in [-0.05, 0) is 12.8 Å². The van der Waals surface area contributed by atoms with Crippen LogP contribution in [0.2, 0.25) is 0 Å². The first-order valence-corrected chi connectivity index (χ1v) is 4.10. The van der Waals surface area contributed by atoms with E-state index in [1.54, 1.807) is 0 Å². The van der Waals surface area contributed by atoms with E-state index in [0.29, 0.717) is 18.5 Å². The first-order chi connectivity index (χ1) is 6.54. The van der Waals surface area contributed by atoms with Gasteiger partial charge in [0, 0.05) is 5.92 Å². The fraction of sp³-hybridized carbons (Fsp3) is 0.625. The molecule has 3 nitrogen and oxygen atoms in total. The van der Waals surface area contributed by atoms with E-state index in [4.69, 9.17) is 0 Å². The second-order valence-electron chi connectivity index (χ2n) is 3.22. The van der Waals surface area contributed by atoms with Crippen molar-refractivity contribution in [3.63, 3.8) is 0 Å². The summed E-state index contributed by atoms with van der Waals surface area (Å²) in [6.45, 7) is 0. The van der Waals surface area contributed by atoms with Crippen LogP contribution in [0.4, 0.5) is 13.2 Å². The third-order valence-electron chi connectivity index (χ3n) is 2.22. The minimum absolute atomic E-state index is 0.0114. The lowest BCUT2D eigenvalue weighted by molar-refractivity contribution is -0.351.